The standard InChI is InChI=1S/C11H14O2S/c1-12-10-6-2-3-7-11(10)13-8-4-5-9-14/h2-7,14H,8-9H2,1H3. The SMILES string of the molecule is COc1ccccc1OCC=CCS. The largest absolute Gasteiger partial charge is 0.493 e. The molecule has 0 aliphatic heterocycles. The fourth-order valence-corrected chi connectivity index (χ4v) is 1.17. The Balaban J connectivity index is 2.53. The van der Waals surface area contributed by atoms with Crippen molar-refractivity contribution in [3.63, 3.8) is 0 Å². The third-order valence-electron chi connectivity index (χ3n) is 1.68. The van der Waals surface area contributed by atoms with E-state index >= 15 is 0 Å². The highest BCUT2D eigenvalue weighted by atomic mass is 32.1. The van der Waals surface area contributed by atoms with Crippen LogP contribution in [0.2, 0.25) is 0 Å². The summed E-state index contributed by atoms with van der Waals surface area (Å²) >= 11 is 4.05. The number of hydrogen-bond acceptors (Lipinski definition) is 3. The van der Waals surface area contributed by atoms with Gasteiger partial charge in [0.05, 0.1) is 7.11 Å². The predicted molar refractivity (Wildman–Crippen MR) is 61.5 cm³/mol. The van der Waals surface area contributed by atoms with Crippen LogP contribution in [0.5, 0.6) is 11.5 Å². The topological polar surface area (TPSA) is 18.5 Å². The lowest BCUT2D eigenvalue weighted by Gasteiger charge is -2.07. The summed E-state index contributed by atoms with van der Waals surface area (Å²) in [7, 11) is 1.63. The minimum Gasteiger partial charge on any atom is -0.493 e. The fourth-order valence-electron chi connectivity index (χ4n) is 1.02. The first-order chi connectivity index (χ1) is 6.88. The van der Waals surface area contributed by atoms with Crippen molar-refractivity contribution < 1.29 is 9.47 Å². The molecule has 0 radical (unpaired) electrons. The van der Waals surface area contributed by atoms with Crippen molar-refractivity contribution in [2.24, 2.45) is 0 Å². The molecule has 0 spiro atoms. The minimum atomic E-state index is 0.543. The average Bonchev–Trinajstić information content (AvgIpc) is 2.25. The van der Waals surface area contributed by atoms with Gasteiger partial charge in [-0.25, -0.2) is 0 Å². The molecule has 14 heavy (non-hydrogen) atoms. The molecule has 1 aromatic carbocycles. The van der Waals surface area contributed by atoms with Crippen LogP contribution in [0.3, 0.4) is 0 Å². The Morgan fingerprint density at radius 2 is 1.93 bits per heavy atom. The molecule has 0 amide bonds. The Morgan fingerprint density at radius 1 is 1.21 bits per heavy atom. The number of benzene rings is 1. The number of rotatable bonds is 5. The Labute approximate surface area is 89.9 Å². The van der Waals surface area contributed by atoms with Gasteiger partial charge in [-0.15, -0.1) is 0 Å². The molecule has 0 atom stereocenters. The zero-order valence-corrected chi connectivity index (χ0v) is 9.04. The van der Waals surface area contributed by atoms with E-state index in [1.54, 1.807) is 7.11 Å². The van der Waals surface area contributed by atoms with Crippen LogP contribution in [0.1, 0.15) is 0 Å². The maximum atomic E-state index is 5.48. The zero-order valence-electron chi connectivity index (χ0n) is 8.14. The van der Waals surface area contributed by atoms with Crippen LogP contribution in [0, 0.1) is 0 Å². The van der Waals surface area contributed by atoms with Gasteiger partial charge in [0.2, 0.25) is 0 Å². The first kappa shape index (κ1) is 11.0. The second-order valence-electron chi connectivity index (χ2n) is 2.62. The lowest BCUT2D eigenvalue weighted by atomic mass is 10.3. The Hall–Kier alpha value is -1.09. The molecule has 0 N–H and O–H groups in total. The van der Waals surface area contributed by atoms with E-state index in [0.29, 0.717) is 6.61 Å². The minimum absolute atomic E-state index is 0.543. The number of methoxy groups -OCH3 is 1. The highest BCUT2D eigenvalue weighted by Crippen LogP contribution is 2.25. The van der Waals surface area contributed by atoms with Gasteiger partial charge < -0.3 is 9.47 Å². The summed E-state index contributed by atoms with van der Waals surface area (Å²) in [5.74, 6) is 2.25. The van der Waals surface area contributed by atoms with E-state index in [1.165, 1.54) is 0 Å². The van der Waals surface area contributed by atoms with E-state index < -0.39 is 0 Å². The van der Waals surface area contributed by atoms with E-state index in [2.05, 4.69) is 12.6 Å². The smallest absolute Gasteiger partial charge is 0.161 e. The summed E-state index contributed by atoms with van der Waals surface area (Å²) < 4.78 is 10.6. The Kier molecular flexibility index (Phi) is 5.00. The van der Waals surface area contributed by atoms with Crippen LogP contribution in [0.25, 0.3) is 0 Å². The van der Waals surface area contributed by atoms with Crippen LogP contribution < -0.4 is 9.47 Å². The van der Waals surface area contributed by atoms with Crippen molar-refractivity contribution in [1.29, 1.82) is 0 Å². The Bertz CT molecular complexity index is 297. The molecule has 0 saturated heterocycles. The summed E-state index contributed by atoms with van der Waals surface area (Å²) in [6.45, 7) is 0.543. The summed E-state index contributed by atoms with van der Waals surface area (Å²) in [6, 6.07) is 7.58. The second kappa shape index (κ2) is 6.38. The zero-order chi connectivity index (χ0) is 10.2. The van der Waals surface area contributed by atoms with Crippen molar-refractivity contribution in [2.75, 3.05) is 19.5 Å². The van der Waals surface area contributed by atoms with Crippen LogP contribution in [-0.2, 0) is 0 Å². The van der Waals surface area contributed by atoms with Gasteiger partial charge in [0.25, 0.3) is 0 Å². The molecular weight excluding hydrogens is 196 g/mol. The van der Waals surface area contributed by atoms with Gasteiger partial charge in [0.15, 0.2) is 11.5 Å². The molecule has 3 heteroatoms. The molecular formula is C11H14O2S. The lowest BCUT2D eigenvalue weighted by Crippen LogP contribution is -1.96. The van der Waals surface area contributed by atoms with E-state index in [0.717, 1.165) is 17.3 Å². The Morgan fingerprint density at radius 3 is 2.57 bits per heavy atom. The van der Waals surface area contributed by atoms with Crippen molar-refractivity contribution in [3.05, 3.63) is 36.4 Å². The molecule has 0 fully saturated rings. The van der Waals surface area contributed by atoms with Gasteiger partial charge in [-0.05, 0) is 12.1 Å². The van der Waals surface area contributed by atoms with Crippen LogP contribution in [0.4, 0.5) is 0 Å². The third-order valence-corrected chi connectivity index (χ3v) is 1.89. The van der Waals surface area contributed by atoms with Gasteiger partial charge in [-0.3, -0.25) is 0 Å². The predicted octanol–water partition coefficient (Wildman–Crippen LogP) is 2.56. The average molecular weight is 210 g/mol. The van der Waals surface area contributed by atoms with Crippen LogP contribution in [-0.4, -0.2) is 19.5 Å². The lowest BCUT2D eigenvalue weighted by molar-refractivity contribution is 0.326. The molecule has 0 bridgehead atoms. The summed E-state index contributed by atoms with van der Waals surface area (Å²) in [5, 5.41) is 0. The van der Waals surface area contributed by atoms with Crippen molar-refractivity contribution in [1.82, 2.24) is 0 Å². The highest BCUT2D eigenvalue weighted by Gasteiger charge is 1.99. The molecule has 0 unspecified atom stereocenters. The highest BCUT2D eigenvalue weighted by molar-refractivity contribution is 7.80. The van der Waals surface area contributed by atoms with E-state index in [-0.39, 0.29) is 0 Å². The molecule has 76 valence electrons. The summed E-state index contributed by atoms with van der Waals surface area (Å²) in [4.78, 5) is 0. The van der Waals surface area contributed by atoms with Gasteiger partial charge in [0, 0.05) is 5.75 Å². The molecule has 2 nitrogen and oxygen atoms in total. The first-order valence-corrected chi connectivity index (χ1v) is 5.03. The normalized spacial score (nSPS) is 10.4. The molecule has 0 saturated carbocycles. The summed E-state index contributed by atoms with van der Waals surface area (Å²) in [6.07, 6.45) is 3.87. The molecule has 0 aromatic heterocycles. The van der Waals surface area contributed by atoms with Gasteiger partial charge in [0.1, 0.15) is 6.61 Å². The summed E-state index contributed by atoms with van der Waals surface area (Å²) in [5.41, 5.74) is 0. The fraction of sp³-hybridized carbons (Fsp3) is 0.273. The maximum Gasteiger partial charge on any atom is 0.161 e. The van der Waals surface area contributed by atoms with E-state index in [4.69, 9.17) is 9.47 Å². The van der Waals surface area contributed by atoms with Crippen LogP contribution >= 0.6 is 12.6 Å². The molecule has 0 heterocycles. The number of thiol groups is 1. The van der Waals surface area contributed by atoms with Crippen molar-refractivity contribution in [2.45, 2.75) is 0 Å². The molecule has 0 aliphatic carbocycles. The number of hydrogen-bond donors (Lipinski definition) is 1. The van der Waals surface area contributed by atoms with Gasteiger partial charge >= 0.3 is 0 Å². The maximum absolute atomic E-state index is 5.48. The third kappa shape index (κ3) is 3.34. The van der Waals surface area contributed by atoms with Crippen molar-refractivity contribution in [3.8, 4) is 11.5 Å². The van der Waals surface area contributed by atoms with E-state index in [9.17, 15) is 0 Å². The number of para-hydroxylation sites is 2. The second-order valence-corrected chi connectivity index (χ2v) is 2.98. The molecule has 0 aliphatic rings. The van der Waals surface area contributed by atoms with E-state index in [1.807, 2.05) is 36.4 Å². The van der Waals surface area contributed by atoms with Crippen molar-refractivity contribution >= 4 is 12.6 Å². The van der Waals surface area contributed by atoms with Gasteiger partial charge in [-0.1, -0.05) is 24.3 Å². The molecule has 1 aromatic rings. The molecule has 1 rings (SSSR count). The number of ether oxygens (including phenoxy) is 2. The first-order valence-electron chi connectivity index (χ1n) is 4.40. The van der Waals surface area contributed by atoms with Crippen LogP contribution in [0.15, 0.2) is 36.4 Å². The quantitative estimate of drug-likeness (QED) is 0.595. The van der Waals surface area contributed by atoms with Gasteiger partial charge in [-0.2, -0.15) is 12.6 Å². The monoisotopic (exact) mass is 210 g/mol.